The Morgan fingerprint density at radius 3 is 2.47 bits per heavy atom. The quantitative estimate of drug-likeness (QED) is 0.775. The summed E-state index contributed by atoms with van der Waals surface area (Å²) in [6.45, 7) is 6.83. The van der Waals surface area contributed by atoms with Crippen LogP contribution in [-0.2, 0) is 4.79 Å². The van der Waals surface area contributed by atoms with Crippen LogP contribution in [0.2, 0.25) is 0 Å². The Bertz CT molecular complexity index is 240. The molecule has 0 aromatic carbocycles. The number of nitrogens with two attached hydrogens (primary N) is 1. The first kappa shape index (κ1) is 14.5. The molecule has 17 heavy (non-hydrogen) atoms. The Hall–Kier alpha value is -0.570. The number of hydrogen-bond acceptors (Lipinski definition) is 2. The predicted molar refractivity (Wildman–Crippen MR) is 71.6 cm³/mol. The van der Waals surface area contributed by atoms with E-state index in [2.05, 4.69) is 26.1 Å². The summed E-state index contributed by atoms with van der Waals surface area (Å²) in [6, 6.07) is 0.371. The molecule has 3 heteroatoms. The van der Waals surface area contributed by atoms with Crippen LogP contribution in [-0.4, -0.2) is 18.5 Å². The summed E-state index contributed by atoms with van der Waals surface area (Å²) in [5.74, 6) is 0.911. The van der Waals surface area contributed by atoms with E-state index >= 15 is 0 Å². The van der Waals surface area contributed by atoms with Gasteiger partial charge in [-0.25, -0.2) is 0 Å². The van der Waals surface area contributed by atoms with E-state index in [9.17, 15) is 4.79 Å². The van der Waals surface area contributed by atoms with E-state index in [-0.39, 0.29) is 11.3 Å². The summed E-state index contributed by atoms with van der Waals surface area (Å²) in [7, 11) is 0. The molecule has 0 aromatic rings. The van der Waals surface area contributed by atoms with Crippen LogP contribution < -0.4 is 11.1 Å². The Balaban J connectivity index is 2.57. The SMILES string of the molecule is CCC(CC)(CN)C(=O)NC1CCCC(C)C1. The Kier molecular flexibility index (Phi) is 5.44. The number of rotatable bonds is 5. The van der Waals surface area contributed by atoms with E-state index in [1.807, 2.05) is 0 Å². The van der Waals surface area contributed by atoms with Crippen LogP contribution in [0.5, 0.6) is 0 Å². The highest BCUT2D eigenvalue weighted by Gasteiger charge is 2.34. The highest BCUT2D eigenvalue weighted by molar-refractivity contribution is 5.83. The Morgan fingerprint density at radius 1 is 1.35 bits per heavy atom. The number of hydrogen-bond donors (Lipinski definition) is 2. The third-order valence-corrected chi connectivity index (χ3v) is 4.50. The molecule has 3 nitrogen and oxygen atoms in total. The van der Waals surface area contributed by atoms with E-state index in [4.69, 9.17) is 5.73 Å². The molecule has 0 aliphatic heterocycles. The van der Waals surface area contributed by atoms with Gasteiger partial charge in [-0.3, -0.25) is 4.79 Å². The molecule has 0 aromatic heterocycles. The fraction of sp³-hybridized carbons (Fsp3) is 0.929. The van der Waals surface area contributed by atoms with Crippen molar-refractivity contribution in [3.8, 4) is 0 Å². The van der Waals surface area contributed by atoms with Crippen molar-refractivity contribution in [2.75, 3.05) is 6.54 Å². The Labute approximate surface area is 106 Å². The van der Waals surface area contributed by atoms with Crippen LogP contribution >= 0.6 is 0 Å². The standard InChI is InChI=1S/C14H28N2O/c1-4-14(5-2,10-15)13(17)16-12-8-6-7-11(3)9-12/h11-12H,4-10,15H2,1-3H3,(H,16,17). The zero-order valence-corrected chi connectivity index (χ0v) is 11.6. The van der Waals surface area contributed by atoms with Crippen molar-refractivity contribution < 1.29 is 4.79 Å². The maximum atomic E-state index is 12.3. The maximum Gasteiger partial charge on any atom is 0.227 e. The zero-order chi connectivity index (χ0) is 12.9. The number of nitrogens with one attached hydrogen (secondary N) is 1. The van der Waals surface area contributed by atoms with Crippen LogP contribution in [0.3, 0.4) is 0 Å². The molecule has 0 saturated heterocycles. The third kappa shape index (κ3) is 3.44. The van der Waals surface area contributed by atoms with Crippen LogP contribution in [0.25, 0.3) is 0 Å². The van der Waals surface area contributed by atoms with Gasteiger partial charge in [0.2, 0.25) is 5.91 Å². The zero-order valence-electron chi connectivity index (χ0n) is 11.6. The minimum Gasteiger partial charge on any atom is -0.353 e. The second-order valence-electron chi connectivity index (χ2n) is 5.63. The van der Waals surface area contributed by atoms with Gasteiger partial charge in [-0.1, -0.05) is 33.6 Å². The largest absolute Gasteiger partial charge is 0.353 e. The van der Waals surface area contributed by atoms with Gasteiger partial charge in [0.1, 0.15) is 0 Å². The van der Waals surface area contributed by atoms with Gasteiger partial charge in [-0.05, 0) is 31.6 Å². The summed E-state index contributed by atoms with van der Waals surface area (Å²) in [5, 5.41) is 3.22. The lowest BCUT2D eigenvalue weighted by molar-refractivity contribution is -0.132. The Morgan fingerprint density at radius 2 is 2.00 bits per heavy atom. The van der Waals surface area contributed by atoms with Crippen LogP contribution in [0.1, 0.15) is 59.3 Å². The molecule has 0 bridgehead atoms. The summed E-state index contributed by atoms with van der Waals surface area (Å²) >= 11 is 0. The molecule has 1 saturated carbocycles. The van der Waals surface area contributed by atoms with Gasteiger partial charge in [-0.15, -0.1) is 0 Å². The van der Waals surface area contributed by atoms with Crippen molar-refractivity contribution >= 4 is 5.91 Å². The molecular formula is C14H28N2O. The van der Waals surface area contributed by atoms with Gasteiger partial charge in [0.05, 0.1) is 5.41 Å². The summed E-state index contributed by atoms with van der Waals surface area (Å²) in [6.07, 6.45) is 6.45. The van der Waals surface area contributed by atoms with E-state index in [1.165, 1.54) is 12.8 Å². The summed E-state index contributed by atoms with van der Waals surface area (Å²) < 4.78 is 0. The van der Waals surface area contributed by atoms with Gasteiger partial charge in [0.15, 0.2) is 0 Å². The number of amides is 1. The molecule has 100 valence electrons. The van der Waals surface area contributed by atoms with Crippen LogP contribution in [0.4, 0.5) is 0 Å². The molecule has 1 fully saturated rings. The first-order valence-electron chi connectivity index (χ1n) is 7.09. The van der Waals surface area contributed by atoms with Gasteiger partial charge in [0.25, 0.3) is 0 Å². The minimum absolute atomic E-state index is 0.170. The van der Waals surface area contributed by atoms with Crippen molar-refractivity contribution in [3.63, 3.8) is 0 Å². The van der Waals surface area contributed by atoms with Crippen molar-refractivity contribution in [2.24, 2.45) is 17.1 Å². The molecule has 1 aliphatic rings. The third-order valence-electron chi connectivity index (χ3n) is 4.50. The summed E-state index contributed by atoms with van der Waals surface area (Å²) in [5.41, 5.74) is 5.45. The lowest BCUT2D eigenvalue weighted by Crippen LogP contribution is -2.49. The molecule has 2 atom stereocenters. The van der Waals surface area contributed by atoms with Crippen molar-refractivity contribution in [1.29, 1.82) is 0 Å². The summed E-state index contributed by atoms with van der Waals surface area (Å²) in [4.78, 5) is 12.3. The van der Waals surface area contributed by atoms with Gasteiger partial charge >= 0.3 is 0 Å². The van der Waals surface area contributed by atoms with E-state index < -0.39 is 0 Å². The first-order chi connectivity index (χ1) is 8.07. The number of carbonyl (C=O) groups excluding carboxylic acids is 1. The average molecular weight is 240 g/mol. The topological polar surface area (TPSA) is 55.1 Å². The smallest absolute Gasteiger partial charge is 0.227 e. The second kappa shape index (κ2) is 6.39. The molecule has 0 spiro atoms. The fourth-order valence-corrected chi connectivity index (χ4v) is 2.86. The molecule has 3 N–H and O–H groups in total. The van der Waals surface area contributed by atoms with Crippen molar-refractivity contribution in [1.82, 2.24) is 5.32 Å². The average Bonchev–Trinajstić information content (AvgIpc) is 2.32. The van der Waals surface area contributed by atoms with Crippen molar-refractivity contribution in [3.05, 3.63) is 0 Å². The fourth-order valence-electron chi connectivity index (χ4n) is 2.86. The van der Waals surface area contributed by atoms with E-state index in [1.54, 1.807) is 0 Å². The monoisotopic (exact) mass is 240 g/mol. The molecule has 0 radical (unpaired) electrons. The lowest BCUT2D eigenvalue weighted by atomic mass is 9.80. The molecular weight excluding hydrogens is 212 g/mol. The molecule has 1 aliphatic carbocycles. The first-order valence-corrected chi connectivity index (χ1v) is 7.09. The highest BCUT2D eigenvalue weighted by atomic mass is 16.2. The minimum atomic E-state index is -0.347. The molecule has 1 amide bonds. The van der Waals surface area contributed by atoms with Gasteiger partial charge in [0, 0.05) is 12.6 Å². The molecule has 2 unspecified atom stereocenters. The van der Waals surface area contributed by atoms with Crippen LogP contribution in [0, 0.1) is 11.3 Å². The van der Waals surface area contributed by atoms with Gasteiger partial charge < -0.3 is 11.1 Å². The molecule has 0 heterocycles. The predicted octanol–water partition coefficient (Wildman–Crippen LogP) is 2.45. The number of carbonyl (C=O) groups is 1. The highest BCUT2D eigenvalue weighted by Crippen LogP contribution is 2.28. The van der Waals surface area contributed by atoms with Gasteiger partial charge in [-0.2, -0.15) is 0 Å². The van der Waals surface area contributed by atoms with E-state index in [0.717, 1.165) is 31.6 Å². The molecule has 1 rings (SSSR count). The maximum absolute atomic E-state index is 12.3. The van der Waals surface area contributed by atoms with Crippen LogP contribution in [0.15, 0.2) is 0 Å². The van der Waals surface area contributed by atoms with E-state index in [0.29, 0.717) is 12.6 Å². The second-order valence-corrected chi connectivity index (χ2v) is 5.63. The van der Waals surface area contributed by atoms with Crippen molar-refractivity contribution in [2.45, 2.75) is 65.3 Å². The lowest BCUT2D eigenvalue weighted by Gasteiger charge is -2.33. The normalized spacial score (nSPS) is 25.6.